The molecule has 8 nitrogen and oxygen atoms in total. The quantitative estimate of drug-likeness (QED) is 0.357. The number of halogens is 2. The molecule has 2 heterocycles. The average Bonchev–Trinajstić information content (AvgIpc) is 3.34. The number of nitrogens with one attached hydrogen (secondary N) is 2. The Morgan fingerprint density at radius 1 is 0.943 bits per heavy atom. The number of rotatable bonds is 7. The van der Waals surface area contributed by atoms with Crippen LogP contribution in [0.5, 0.6) is 0 Å². The first-order valence-corrected chi connectivity index (χ1v) is 10.6. The lowest BCUT2D eigenvalue weighted by Gasteiger charge is -2.10. The van der Waals surface area contributed by atoms with Crippen LogP contribution in [0, 0.1) is 11.6 Å². The van der Waals surface area contributed by atoms with Gasteiger partial charge in [0.1, 0.15) is 17.2 Å². The molecule has 0 radical (unpaired) electrons. The van der Waals surface area contributed by atoms with Crippen molar-refractivity contribution in [2.45, 2.75) is 13.2 Å². The van der Waals surface area contributed by atoms with Crippen LogP contribution >= 0.6 is 0 Å². The van der Waals surface area contributed by atoms with Crippen LogP contribution in [0.2, 0.25) is 0 Å². The Labute approximate surface area is 198 Å². The highest BCUT2D eigenvalue weighted by Gasteiger charge is 2.16. The predicted molar refractivity (Wildman–Crippen MR) is 124 cm³/mol. The van der Waals surface area contributed by atoms with E-state index >= 15 is 0 Å². The number of H-pyrrole nitrogens is 1. The number of hydrogen-bond acceptors (Lipinski definition) is 6. The lowest BCUT2D eigenvalue weighted by atomic mass is 10.1. The number of aromatic nitrogens is 5. The van der Waals surface area contributed by atoms with Crippen LogP contribution in [0.3, 0.4) is 0 Å². The van der Waals surface area contributed by atoms with Crippen LogP contribution in [0.15, 0.2) is 72.9 Å². The fraction of sp³-hybridized carbons (Fsp3) is 0.0800. The van der Waals surface area contributed by atoms with Crippen LogP contribution in [-0.4, -0.2) is 31.3 Å². The van der Waals surface area contributed by atoms with E-state index in [1.807, 2.05) is 30.3 Å². The van der Waals surface area contributed by atoms with Gasteiger partial charge in [0, 0.05) is 16.8 Å². The van der Waals surface area contributed by atoms with E-state index in [0.717, 1.165) is 11.6 Å². The van der Waals surface area contributed by atoms with Crippen LogP contribution in [0.25, 0.3) is 22.6 Å². The largest absolute Gasteiger partial charge is 0.372 e. The SMILES string of the molecule is O=C(Nc1ccc(COCc2ccccc2)c(F)c1)c1cc(-c2ncc3n[nH]nc3n2)ccc1F. The van der Waals surface area contributed by atoms with Crippen LogP contribution in [0.4, 0.5) is 14.5 Å². The summed E-state index contributed by atoms with van der Waals surface area (Å²) in [6.45, 7) is 0.420. The number of nitrogens with zero attached hydrogens (tertiary/aromatic N) is 4. The summed E-state index contributed by atoms with van der Waals surface area (Å²) in [6, 6.07) is 17.7. The van der Waals surface area contributed by atoms with E-state index in [-0.39, 0.29) is 23.7 Å². The Balaban J connectivity index is 1.28. The maximum Gasteiger partial charge on any atom is 0.258 e. The summed E-state index contributed by atoms with van der Waals surface area (Å²) in [5.74, 6) is -1.76. The molecule has 0 unspecified atom stereocenters. The van der Waals surface area contributed by atoms with Gasteiger partial charge in [-0.05, 0) is 35.9 Å². The highest BCUT2D eigenvalue weighted by Crippen LogP contribution is 2.22. The Kier molecular flexibility index (Phi) is 6.18. The zero-order valence-electron chi connectivity index (χ0n) is 18.2. The van der Waals surface area contributed by atoms with Crippen LogP contribution in [-0.2, 0) is 18.0 Å². The van der Waals surface area contributed by atoms with E-state index in [4.69, 9.17) is 4.74 Å². The monoisotopic (exact) mass is 472 g/mol. The maximum atomic E-state index is 14.6. The van der Waals surface area contributed by atoms with Crippen molar-refractivity contribution in [3.05, 3.63) is 101 Å². The molecule has 0 bridgehead atoms. The molecular formula is C25H18F2N6O2. The van der Waals surface area contributed by atoms with Gasteiger partial charge < -0.3 is 10.1 Å². The van der Waals surface area contributed by atoms with Gasteiger partial charge in [0.25, 0.3) is 5.91 Å². The number of ether oxygens (including phenoxy) is 1. The summed E-state index contributed by atoms with van der Waals surface area (Å²) in [5, 5.41) is 12.7. The molecule has 3 aromatic carbocycles. The normalized spacial score (nSPS) is 11.0. The molecule has 2 aromatic heterocycles. The number of benzene rings is 3. The van der Waals surface area contributed by atoms with Crippen LogP contribution in [0.1, 0.15) is 21.5 Å². The highest BCUT2D eigenvalue weighted by molar-refractivity contribution is 6.05. The van der Waals surface area contributed by atoms with Crippen molar-refractivity contribution in [3.63, 3.8) is 0 Å². The van der Waals surface area contributed by atoms with Gasteiger partial charge in [-0.3, -0.25) is 4.79 Å². The first-order chi connectivity index (χ1) is 17.1. The molecule has 10 heteroatoms. The van der Waals surface area contributed by atoms with Crippen molar-refractivity contribution in [1.29, 1.82) is 0 Å². The third-order valence-corrected chi connectivity index (χ3v) is 5.23. The third-order valence-electron chi connectivity index (χ3n) is 5.23. The van der Waals surface area contributed by atoms with Crippen molar-refractivity contribution < 1.29 is 18.3 Å². The second-order valence-electron chi connectivity index (χ2n) is 7.66. The molecule has 0 aliphatic heterocycles. The topological polar surface area (TPSA) is 106 Å². The average molecular weight is 472 g/mol. The lowest BCUT2D eigenvalue weighted by molar-refractivity contribution is 0.102. The van der Waals surface area contributed by atoms with E-state index in [2.05, 4.69) is 30.7 Å². The van der Waals surface area contributed by atoms with Gasteiger partial charge in [0.05, 0.1) is 25.0 Å². The zero-order chi connectivity index (χ0) is 24.2. The van der Waals surface area contributed by atoms with Gasteiger partial charge in [-0.25, -0.2) is 18.7 Å². The van der Waals surface area contributed by atoms with Crippen molar-refractivity contribution >= 4 is 22.8 Å². The minimum Gasteiger partial charge on any atom is -0.372 e. The van der Waals surface area contributed by atoms with E-state index in [0.29, 0.717) is 28.9 Å². The lowest BCUT2D eigenvalue weighted by Crippen LogP contribution is -2.14. The minimum absolute atomic E-state index is 0.0709. The van der Waals surface area contributed by atoms with E-state index in [1.165, 1.54) is 36.5 Å². The second-order valence-corrected chi connectivity index (χ2v) is 7.66. The number of aromatic amines is 1. The smallest absolute Gasteiger partial charge is 0.258 e. The van der Waals surface area contributed by atoms with E-state index in [1.54, 1.807) is 0 Å². The molecule has 174 valence electrons. The number of anilines is 1. The Morgan fingerprint density at radius 3 is 2.63 bits per heavy atom. The molecule has 35 heavy (non-hydrogen) atoms. The molecular weight excluding hydrogens is 454 g/mol. The summed E-state index contributed by atoms with van der Waals surface area (Å²) in [5.41, 5.74) is 2.50. The molecule has 0 fully saturated rings. The Morgan fingerprint density at radius 2 is 1.80 bits per heavy atom. The third kappa shape index (κ3) is 5.02. The molecule has 0 spiro atoms. The summed E-state index contributed by atoms with van der Waals surface area (Å²) in [7, 11) is 0. The molecule has 5 aromatic rings. The molecule has 0 atom stereocenters. The van der Waals surface area contributed by atoms with Crippen molar-refractivity contribution in [2.75, 3.05) is 5.32 Å². The van der Waals surface area contributed by atoms with E-state index in [9.17, 15) is 13.6 Å². The molecule has 0 saturated carbocycles. The first kappa shape index (κ1) is 22.2. The maximum absolute atomic E-state index is 14.6. The van der Waals surface area contributed by atoms with Gasteiger partial charge in [-0.1, -0.05) is 36.4 Å². The van der Waals surface area contributed by atoms with Crippen molar-refractivity contribution in [3.8, 4) is 11.4 Å². The number of hydrogen-bond donors (Lipinski definition) is 2. The first-order valence-electron chi connectivity index (χ1n) is 10.6. The van der Waals surface area contributed by atoms with Gasteiger partial charge in [0.15, 0.2) is 5.82 Å². The standard InChI is InChI=1S/C25H18F2N6O2/c26-20-9-7-16(23-28-12-22-24(30-23)32-33-31-22)10-19(20)25(34)29-18-8-6-17(21(27)11-18)14-35-13-15-4-2-1-3-5-15/h1-12H,13-14H2,(H,29,34)(H,28,30,31,32,33). The Hall–Kier alpha value is -4.57. The summed E-state index contributed by atoms with van der Waals surface area (Å²) < 4.78 is 34.6. The second kappa shape index (κ2) is 9.74. The van der Waals surface area contributed by atoms with Crippen LogP contribution < -0.4 is 5.32 Å². The van der Waals surface area contributed by atoms with Gasteiger partial charge in [0.2, 0.25) is 5.65 Å². The van der Waals surface area contributed by atoms with Crippen molar-refractivity contribution in [2.24, 2.45) is 0 Å². The molecule has 1 amide bonds. The van der Waals surface area contributed by atoms with Gasteiger partial charge >= 0.3 is 0 Å². The molecule has 0 aliphatic rings. The summed E-state index contributed by atoms with van der Waals surface area (Å²) >= 11 is 0. The fourth-order valence-electron chi connectivity index (χ4n) is 3.42. The number of carbonyl (C=O) groups excluding carboxylic acids is 1. The zero-order valence-corrected chi connectivity index (χ0v) is 18.2. The molecule has 5 rings (SSSR count). The molecule has 0 saturated heterocycles. The highest BCUT2D eigenvalue weighted by atomic mass is 19.1. The summed E-state index contributed by atoms with van der Waals surface area (Å²) in [4.78, 5) is 21.2. The number of fused-ring (bicyclic) bond motifs is 1. The fourth-order valence-corrected chi connectivity index (χ4v) is 3.42. The summed E-state index contributed by atoms with van der Waals surface area (Å²) in [6.07, 6.45) is 1.47. The van der Waals surface area contributed by atoms with E-state index < -0.39 is 17.5 Å². The minimum atomic E-state index is -0.737. The predicted octanol–water partition coefficient (Wildman–Crippen LogP) is 4.66. The molecule has 2 N–H and O–H groups in total. The number of carbonyl (C=O) groups is 1. The number of amides is 1. The van der Waals surface area contributed by atoms with Crippen molar-refractivity contribution in [1.82, 2.24) is 25.4 Å². The Bertz CT molecular complexity index is 1510. The van der Waals surface area contributed by atoms with Gasteiger partial charge in [-0.15, -0.1) is 5.10 Å². The molecule has 0 aliphatic carbocycles. The van der Waals surface area contributed by atoms with Gasteiger partial charge in [-0.2, -0.15) is 10.3 Å².